The number of benzene rings is 1. The molecule has 82 valence electrons. The number of rotatable bonds is 3. The standard InChI is InChI=1S/C13H20N2/c1-11(14)10-15-9-5-8-13(15)12-6-3-2-4-7-12/h2-4,6-7,11,13H,5,8-10,14H2,1H3. The molecule has 0 amide bonds. The van der Waals surface area contributed by atoms with Crippen LogP contribution in [0, 0.1) is 0 Å². The monoisotopic (exact) mass is 204 g/mol. The Bertz CT molecular complexity index is 295. The smallest absolute Gasteiger partial charge is 0.0349 e. The van der Waals surface area contributed by atoms with Gasteiger partial charge in [0.25, 0.3) is 0 Å². The summed E-state index contributed by atoms with van der Waals surface area (Å²) >= 11 is 0. The highest BCUT2D eigenvalue weighted by Crippen LogP contribution is 2.31. The Labute approximate surface area is 92.1 Å². The van der Waals surface area contributed by atoms with Gasteiger partial charge in [-0.25, -0.2) is 0 Å². The largest absolute Gasteiger partial charge is 0.327 e. The highest BCUT2D eigenvalue weighted by molar-refractivity contribution is 5.20. The summed E-state index contributed by atoms with van der Waals surface area (Å²) in [4.78, 5) is 2.51. The van der Waals surface area contributed by atoms with Gasteiger partial charge < -0.3 is 5.73 Å². The Kier molecular flexibility index (Phi) is 3.39. The molecule has 1 aliphatic rings. The lowest BCUT2D eigenvalue weighted by molar-refractivity contribution is 0.245. The molecule has 1 fully saturated rings. The fourth-order valence-electron chi connectivity index (χ4n) is 2.47. The molecular weight excluding hydrogens is 184 g/mol. The van der Waals surface area contributed by atoms with Crippen LogP contribution in [0.4, 0.5) is 0 Å². The maximum Gasteiger partial charge on any atom is 0.0349 e. The van der Waals surface area contributed by atoms with Crippen molar-refractivity contribution in [1.29, 1.82) is 0 Å². The molecule has 15 heavy (non-hydrogen) atoms. The second-order valence-electron chi connectivity index (χ2n) is 4.54. The Balaban J connectivity index is 2.08. The van der Waals surface area contributed by atoms with E-state index in [9.17, 15) is 0 Å². The van der Waals surface area contributed by atoms with E-state index in [-0.39, 0.29) is 6.04 Å². The van der Waals surface area contributed by atoms with Crippen LogP contribution in [-0.4, -0.2) is 24.0 Å². The summed E-state index contributed by atoms with van der Waals surface area (Å²) in [6.45, 7) is 4.29. The molecule has 1 aromatic rings. The Morgan fingerprint density at radius 1 is 1.40 bits per heavy atom. The first kappa shape index (κ1) is 10.7. The molecule has 0 bridgehead atoms. The molecule has 2 rings (SSSR count). The second-order valence-corrected chi connectivity index (χ2v) is 4.54. The number of likely N-dealkylation sites (tertiary alicyclic amines) is 1. The molecule has 0 spiro atoms. The molecule has 0 radical (unpaired) electrons. The first-order chi connectivity index (χ1) is 7.27. The van der Waals surface area contributed by atoms with Crippen LogP contribution in [0.15, 0.2) is 30.3 Å². The summed E-state index contributed by atoms with van der Waals surface area (Å²) in [6, 6.07) is 11.6. The predicted molar refractivity (Wildman–Crippen MR) is 63.6 cm³/mol. The topological polar surface area (TPSA) is 29.3 Å². The van der Waals surface area contributed by atoms with E-state index in [2.05, 4.69) is 42.2 Å². The molecule has 0 saturated carbocycles. The molecule has 2 nitrogen and oxygen atoms in total. The SMILES string of the molecule is CC(N)CN1CCCC1c1ccccc1. The average molecular weight is 204 g/mol. The minimum atomic E-state index is 0.273. The Morgan fingerprint density at radius 2 is 2.13 bits per heavy atom. The first-order valence-electron chi connectivity index (χ1n) is 5.82. The van der Waals surface area contributed by atoms with Gasteiger partial charge in [-0.05, 0) is 31.9 Å². The van der Waals surface area contributed by atoms with Gasteiger partial charge in [0.2, 0.25) is 0 Å². The highest BCUT2D eigenvalue weighted by atomic mass is 15.2. The summed E-state index contributed by atoms with van der Waals surface area (Å²) in [6.07, 6.45) is 2.57. The highest BCUT2D eigenvalue weighted by Gasteiger charge is 2.25. The molecule has 0 aliphatic carbocycles. The van der Waals surface area contributed by atoms with Crippen molar-refractivity contribution < 1.29 is 0 Å². The normalized spacial score (nSPS) is 24.3. The number of nitrogens with two attached hydrogens (primary N) is 1. The van der Waals surface area contributed by atoms with Crippen molar-refractivity contribution in [2.75, 3.05) is 13.1 Å². The van der Waals surface area contributed by atoms with E-state index < -0.39 is 0 Å². The van der Waals surface area contributed by atoms with Crippen LogP contribution < -0.4 is 5.73 Å². The van der Waals surface area contributed by atoms with Crippen LogP contribution in [0.3, 0.4) is 0 Å². The van der Waals surface area contributed by atoms with Gasteiger partial charge in [-0.2, -0.15) is 0 Å². The van der Waals surface area contributed by atoms with E-state index in [1.165, 1.54) is 24.9 Å². The van der Waals surface area contributed by atoms with E-state index in [4.69, 9.17) is 5.73 Å². The Hall–Kier alpha value is -0.860. The van der Waals surface area contributed by atoms with Crippen LogP contribution in [0.5, 0.6) is 0 Å². The first-order valence-corrected chi connectivity index (χ1v) is 5.82. The second kappa shape index (κ2) is 4.77. The maximum atomic E-state index is 5.87. The third-order valence-corrected chi connectivity index (χ3v) is 3.07. The molecule has 1 heterocycles. The summed E-state index contributed by atoms with van der Waals surface area (Å²) < 4.78 is 0. The van der Waals surface area contributed by atoms with E-state index in [0.29, 0.717) is 6.04 Å². The minimum Gasteiger partial charge on any atom is -0.327 e. The lowest BCUT2D eigenvalue weighted by atomic mass is 10.0. The molecular formula is C13H20N2. The molecule has 0 aromatic heterocycles. The van der Waals surface area contributed by atoms with Gasteiger partial charge in [0.15, 0.2) is 0 Å². The summed E-state index contributed by atoms with van der Waals surface area (Å²) in [5.41, 5.74) is 7.31. The molecule has 2 N–H and O–H groups in total. The van der Waals surface area contributed by atoms with Gasteiger partial charge in [-0.1, -0.05) is 30.3 Å². The molecule has 1 saturated heterocycles. The fraction of sp³-hybridized carbons (Fsp3) is 0.538. The fourth-order valence-corrected chi connectivity index (χ4v) is 2.47. The van der Waals surface area contributed by atoms with Crippen LogP contribution in [0.1, 0.15) is 31.4 Å². The van der Waals surface area contributed by atoms with Crippen molar-refractivity contribution in [3.63, 3.8) is 0 Å². The average Bonchev–Trinajstić information content (AvgIpc) is 2.66. The number of hydrogen-bond donors (Lipinski definition) is 1. The third kappa shape index (κ3) is 2.58. The minimum absolute atomic E-state index is 0.273. The van der Waals surface area contributed by atoms with Crippen molar-refractivity contribution >= 4 is 0 Å². The van der Waals surface area contributed by atoms with E-state index in [0.717, 1.165) is 6.54 Å². The zero-order valence-corrected chi connectivity index (χ0v) is 9.39. The van der Waals surface area contributed by atoms with Gasteiger partial charge in [0, 0.05) is 18.6 Å². The molecule has 1 aliphatic heterocycles. The summed E-state index contributed by atoms with van der Waals surface area (Å²) in [5.74, 6) is 0. The number of nitrogens with zero attached hydrogens (tertiary/aromatic N) is 1. The van der Waals surface area contributed by atoms with Crippen molar-refractivity contribution in [3.8, 4) is 0 Å². The van der Waals surface area contributed by atoms with Gasteiger partial charge in [-0.3, -0.25) is 4.90 Å². The molecule has 2 unspecified atom stereocenters. The van der Waals surface area contributed by atoms with Crippen LogP contribution in [0.25, 0.3) is 0 Å². The van der Waals surface area contributed by atoms with Crippen molar-refractivity contribution in [3.05, 3.63) is 35.9 Å². The summed E-state index contributed by atoms with van der Waals surface area (Å²) in [5, 5.41) is 0. The third-order valence-electron chi connectivity index (χ3n) is 3.07. The van der Waals surface area contributed by atoms with Gasteiger partial charge in [0.1, 0.15) is 0 Å². The van der Waals surface area contributed by atoms with Crippen LogP contribution in [0.2, 0.25) is 0 Å². The predicted octanol–water partition coefficient (Wildman–Crippen LogP) is 2.17. The lowest BCUT2D eigenvalue weighted by Gasteiger charge is -2.26. The van der Waals surface area contributed by atoms with Crippen molar-refractivity contribution in [2.24, 2.45) is 5.73 Å². The van der Waals surface area contributed by atoms with E-state index in [1.807, 2.05) is 0 Å². The molecule has 2 atom stereocenters. The Morgan fingerprint density at radius 3 is 2.80 bits per heavy atom. The zero-order chi connectivity index (χ0) is 10.7. The maximum absolute atomic E-state index is 5.87. The van der Waals surface area contributed by atoms with E-state index >= 15 is 0 Å². The zero-order valence-electron chi connectivity index (χ0n) is 9.39. The lowest BCUT2D eigenvalue weighted by Crippen LogP contribution is -2.35. The van der Waals surface area contributed by atoms with Gasteiger partial charge in [0.05, 0.1) is 0 Å². The van der Waals surface area contributed by atoms with Gasteiger partial charge in [-0.15, -0.1) is 0 Å². The molecule has 1 aromatic carbocycles. The number of hydrogen-bond acceptors (Lipinski definition) is 2. The van der Waals surface area contributed by atoms with Crippen LogP contribution in [-0.2, 0) is 0 Å². The molecule has 2 heteroatoms. The quantitative estimate of drug-likeness (QED) is 0.817. The van der Waals surface area contributed by atoms with Crippen molar-refractivity contribution in [1.82, 2.24) is 4.90 Å². The summed E-state index contributed by atoms with van der Waals surface area (Å²) in [7, 11) is 0. The van der Waals surface area contributed by atoms with Crippen LogP contribution >= 0.6 is 0 Å². The van der Waals surface area contributed by atoms with Crippen molar-refractivity contribution in [2.45, 2.75) is 31.8 Å². The van der Waals surface area contributed by atoms with E-state index in [1.54, 1.807) is 0 Å². The van der Waals surface area contributed by atoms with Gasteiger partial charge >= 0.3 is 0 Å².